The Hall–Kier alpha value is -2.10. The van der Waals surface area contributed by atoms with Gasteiger partial charge in [-0.05, 0) is 44.2 Å². The van der Waals surface area contributed by atoms with Gasteiger partial charge in [0.1, 0.15) is 11.3 Å². The molecule has 1 N–H and O–H groups in total. The lowest BCUT2D eigenvalue weighted by Gasteiger charge is -2.04. The topological polar surface area (TPSA) is 63.6 Å². The predicted molar refractivity (Wildman–Crippen MR) is 118 cm³/mol. The molecule has 4 heteroatoms. The van der Waals surface area contributed by atoms with E-state index in [2.05, 4.69) is 19.1 Å². The van der Waals surface area contributed by atoms with Crippen molar-refractivity contribution >= 4 is 11.9 Å². The zero-order valence-corrected chi connectivity index (χ0v) is 18.0. The van der Waals surface area contributed by atoms with Crippen LogP contribution in [0.4, 0.5) is 0 Å². The summed E-state index contributed by atoms with van der Waals surface area (Å²) in [6.45, 7) is 2.25. The van der Waals surface area contributed by atoms with E-state index >= 15 is 0 Å². The largest absolute Gasteiger partial charge is 0.507 e. The fourth-order valence-electron chi connectivity index (χ4n) is 3.20. The molecule has 0 bridgehead atoms. The van der Waals surface area contributed by atoms with Gasteiger partial charge in [0.15, 0.2) is 0 Å². The number of phenols is 1. The maximum atomic E-state index is 11.8. The summed E-state index contributed by atoms with van der Waals surface area (Å²) in [5.74, 6) is -1.50. The molecule has 29 heavy (non-hydrogen) atoms. The first-order valence-electron chi connectivity index (χ1n) is 11.3. The van der Waals surface area contributed by atoms with Gasteiger partial charge in [-0.1, -0.05) is 82.6 Å². The highest BCUT2D eigenvalue weighted by molar-refractivity contribution is 5.98. The molecule has 0 aliphatic rings. The number of hydrogen-bond donors (Lipinski definition) is 1. The van der Waals surface area contributed by atoms with E-state index in [4.69, 9.17) is 4.74 Å². The summed E-state index contributed by atoms with van der Waals surface area (Å²) in [5.41, 5.74) is 0.0189. The summed E-state index contributed by atoms with van der Waals surface area (Å²) >= 11 is 0. The van der Waals surface area contributed by atoms with E-state index in [0.29, 0.717) is 0 Å². The summed E-state index contributed by atoms with van der Waals surface area (Å²) in [5, 5.41) is 9.59. The molecule has 0 aliphatic carbocycles. The number of unbranched alkanes of at least 4 members (excludes halogenated alkanes) is 11. The van der Waals surface area contributed by atoms with Gasteiger partial charge < -0.3 is 9.84 Å². The maximum absolute atomic E-state index is 11.8. The van der Waals surface area contributed by atoms with Crippen LogP contribution in [0.2, 0.25) is 0 Å². The Bertz CT molecular complexity index is 607. The van der Waals surface area contributed by atoms with Crippen molar-refractivity contribution < 1.29 is 19.4 Å². The molecule has 0 heterocycles. The minimum atomic E-state index is -0.791. The monoisotopic (exact) mass is 402 g/mol. The van der Waals surface area contributed by atoms with Crippen LogP contribution in [0, 0.1) is 0 Å². The average molecular weight is 403 g/mol. The van der Waals surface area contributed by atoms with Crippen LogP contribution in [-0.4, -0.2) is 17.0 Å². The van der Waals surface area contributed by atoms with Crippen molar-refractivity contribution in [2.24, 2.45) is 0 Å². The van der Waals surface area contributed by atoms with Gasteiger partial charge in [0, 0.05) is 6.42 Å². The lowest BCUT2D eigenvalue weighted by atomic mass is 10.1. The van der Waals surface area contributed by atoms with Gasteiger partial charge in [0.2, 0.25) is 0 Å². The molecule has 162 valence electrons. The summed E-state index contributed by atoms with van der Waals surface area (Å²) < 4.78 is 4.79. The molecule has 1 aromatic rings. The quantitative estimate of drug-likeness (QED) is 0.138. The molecule has 0 atom stereocenters. The molecule has 1 aromatic carbocycles. The van der Waals surface area contributed by atoms with Crippen molar-refractivity contribution in [1.82, 2.24) is 0 Å². The molecule has 0 saturated heterocycles. The summed E-state index contributed by atoms with van der Waals surface area (Å²) in [4.78, 5) is 23.6. The molecule has 1 rings (SSSR count). The van der Waals surface area contributed by atoms with Gasteiger partial charge in [-0.2, -0.15) is 0 Å². The van der Waals surface area contributed by atoms with E-state index < -0.39 is 11.9 Å². The Kier molecular flexibility index (Phi) is 14.5. The van der Waals surface area contributed by atoms with Gasteiger partial charge in [-0.25, -0.2) is 4.79 Å². The number of hydrogen-bond acceptors (Lipinski definition) is 4. The van der Waals surface area contributed by atoms with Gasteiger partial charge in [-0.15, -0.1) is 0 Å². The zero-order chi connectivity index (χ0) is 21.2. The zero-order valence-electron chi connectivity index (χ0n) is 18.0. The molecule has 0 unspecified atom stereocenters. The second-order valence-corrected chi connectivity index (χ2v) is 7.61. The third-order valence-electron chi connectivity index (χ3n) is 4.97. The Morgan fingerprint density at radius 3 is 2.00 bits per heavy atom. The number of para-hydroxylation sites is 1. The Morgan fingerprint density at radius 2 is 1.38 bits per heavy atom. The molecule has 0 aromatic heterocycles. The van der Waals surface area contributed by atoms with E-state index in [1.54, 1.807) is 12.1 Å². The number of aromatic hydroxyl groups is 1. The molecule has 0 aliphatic heterocycles. The number of phenolic OH excluding ortho intramolecular Hbond substituents is 1. The van der Waals surface area contributed by atoms with Crippen LogP contribution in [-0.2, 0) is 9.53 Å². The SMILES string of the molecule is CCCCCCCC/C=C\CCCCCCCC(=O)OC(=O)c1ccccc1O. The summed E-state index contributed by atoms with van der Waals surface area (Å²) in [6, 6.07) is 6.06. The Morgan fingerprint density at radius 1 is 0.828 bits per heavy atom. The van der Waals surface area contributed by atoms with Crippen molar-refractivity contribution in [1.29, 1.82) is 0 Å². The van der Waals surface area contributed by atoms with Gasteiger partial charge in [0.25, 0.3) is 0 Å². The molecule has 0 saturated carbocycles. The number of allylic oxidation sites excluding steroid dienone is 2. The third kappa shape index (κ3) is 12.9. The van der Waals surface area contributed by atoms with Crippen LogP contribution in [0.1, 0.15) is 107 Å². The first kappa shape index (κ1) is 24.9. The normalized spacial score (nSPS) is 11.1. The molecule has 4 nitrogen and oxygen atoms in total. The number of carbonyl (C=O) groups excluding carboxylic acids is 2. The van der Waals surface area contributed by atoms with E-state index in [-0.39, 0.29) is 17.7 Å². The minimum absolute atomic E-state index is 0.0189. The van der Waals surface area contributed by atoms with Crippen LogP contribution in [0.3, 0.4) is 0 Å². The van der Waals surface area contributed by atoms with Gasteiger partial charge in [0.05, 0.1) is 0 Å². The second kappa shape index (κ2) is 16.8. The van der Waals surface area contributed by atoms with Crippen molar-refractivity contribution in [2.75, 3.05) is 0 Å². The predicted octanol–water partition coefficient (Wildman–Crippen LogP) is 7.11. The van der Waals surface area contributed by atoms with Crippen molar-refractivity contribution in [3.8, 4) is 5.75 Å². The van der Waals surface area contributed by atoms with E-state index in [1.807, 2.05) is 0 Å². The maximum Gasteiger partial charge on any atom is 0.349 e. The van der Waals surface area contributed by atoms with Crippen LogP contribution >= 0.6 is 0 Å². The molecule has 0 amide bonds. The number of benzene rings is 1. The summed E-state index contributed by atoms with van der Waals surface area (Å²) in [7, 11) is 0. The molecule has 0 radical (unpaired) electrons. The minimum Gasteiger partial charge on any atom is -0.507 e. The second-order valence-electron chi connectivity index (χ2n) is 7.61. The highest BCUT2D eigenvalue weighted by atomic mass is 16.6. The molecule has 0 fully saturated rings. The van der Waals surface area contributed by atoms with Crippen molar-refractivity contribution in [2.45, 2.75) is 96.8 Å². The van der Waals surface area contributed by atoms with Crippen LogP contribution in [0.5, 0.6) is 5.75 Å². The van der Waals surface area contributed by atoms with Gasteiger partial charge >= 0.3 is 11.9 Å². The van der Waals surface area contributed by atoms with Crippen LogP contribution < -0.4 is 0 Å². The Balaban J connectivity index is 1.94. The highest BCUT2D eigenvalue weighted by Crippen LogP contribution is 2.17. The molecular formula is C25H38O4. The number of rotatable bonds is 16. The number of esters is 2. The van der Waals surface area contributed by atoms with E-state index in [1.165, 1.54) is 63.5 Å². The first-order valence-corrected chi connectivity index (χ1v) is 11.3. The average Bonchev–Trinajstić information content (AvgIpc) is 2.71. The van der Waals surface area contributed by atoms with E-state index in [9.17, 15) is 14.7 Å². The standard InChI is InChI=1S/C25H38O4/c1-2-3-4-5-6-7-8-9-10-11-12-13-14-15-16-21-24(27)29-25(28)22-19-17-18-20-23(22)26/h9-10,17-20,26H,2-8,11-16,21H2,1H3/b10-9-. The van der Waals surface area contributed by atoms with Crippen LogP contribution in [0.25, 0.3) is 0 Å². The number of carbonyl (C=O) groups is 2. The van der Waals surface area contributed by atoms with Gasteiger partial charge in [-0.3, -0.25) is 4.79 Å². The fraction of sp³-hybridized carbons (Fsp3) is 0.600. The van der Waals surface area contributed by atoms with Crippen molar-refractivity contribution in [3.63, 3.8) is 0 Å². The van der Waals surface area contributed by atoms with Crippen LogP contribution in [0.15, 0.2) is 36.4 Å². The Labute approximate surface area is 176 Å². The molecular weight excluding hydrogens is 364 g/mol. The smallest absolute Gasteiger partial charge is 0.349 e. The molecule has 0 spiro atoms. The van der Waals surface area contributed by atoms with E-state index in [0.717, 1.165) is 32.1 Å². The fourth-order valence-corrected chi connectivity index (χ4v) is 3.20. The summed E-state index contributed by atoms with van der Waals surface area (Å²) in [6.07, 6.45) is 20.4. The number of ether oxygens (including phenoxy) is 1. The third-order valence-corrected chi connectivity index (χ3v) is 4.97. The highest BCUT2D eigenvalue weighted by Gasteiger charge is 2.15. The van der Waals surface area contributed by atoms with Crippen molar-refractivity contribution in [3.05, 3.63) is 42.0 Å². The first-order chi connectivity index (χ1) is 14.1. The lowest BCUT2D eigenvalue weighted by Crippen LogP contribution is -2.12. The lowest BCUT2D eigenvalue weighted by molar-refractivity contribution is -0.138.